The minimum atomic E-state index is -0.212. The first-order valence-corrected chi connectivity index (χ1v) is 10.2. The van der Waals surface area contributed by atoms with Gasteiger partial charge in [-0.3, -0.25) is 9.59 Å². The Labute approximate surface area is 174 Å². The van der Waals surface area contributed by atoms with Gasteiger partial charge in [0.15, 0.2) is 6.61 Å². The number of H-pyrrole nitrogens is 1. The summed E-state index contributed by atoms with van der Waals surface area (Å²) in [5.41, 5.74) is 1.37. The minimum Gasteiger partial charge on any atom is -0.484 e. The van der Waals surface area contributed by atoms with E-state index in [1.54, 1.807) is 23.1 Å². The SMILES string of the molecule is Cc1ccccc1OCC(=O)N(Cc1nc2ccccc2c(=O)[nH]1)C[C@@H]1CCCO1. The highest BCUT2D eigenvalue weighted by atomic mass is 16.5. The molecule has 4 rings (SSSR count). The number of para-hydroxylation sites is 2. The highest BCUT2D eigenvalue weighted by molar-refractivity contribution is 5.78. The van der Waals surface area contributed by atoms with Gasteiger partial charge < -0.3 is 19.4 Å². The Hall–Kier alpha value is -3.19. The molecule has 156 valence electrons. The molecule has 0 unspecified atom stereocenters. The van der Waals surface area contributed by atoms with E-state index in [0.717, 1.165) is 18.4 Å². The molecule has 1 aliphatic heterocycles. The zero-order valence-corrected chi connectivity index (χ0v) is 17.0. The number of ether oxygens (including phenoxy) is 2. The van der Waals surface area contributed by atoms with Crippen LogP contribution in [-0.4, -0.2) is 46.6 Å². The van der Waals surface area contributed by atoms with Crippen molar-refractivity contribution < 1.29 is 14.3 Å². The van der Waals surface area contributed by atoms with Crippen LogP contribution in [0.3, 0.4) is 0 Å². The lowest BCUT2D eigenvalue weighted by Crippen LogP contribution is -2.40. The minimum absolute atomic E-state index is 0.0143. The number of nitrogens with one attached hydrogen (secondary N) is 1. The standard InChI is InChI=1S/C23H25N3O4/c1-16-7-2-5-11-20(16)30-15-22(27)26(13-17-8-6-12-29-17)14-21-24-19-10-4-3-9-18(19)23(28)25-21/h2-5,7,9-11,17H,6,8,12-15H2,1H3,(H,24,25,28)/t17-/m0/s1. The molecular weight excluding hydrogens is 382 g/mol. The van der Waals surface area contributed by atoms with Gasteiger partial charge >= 0.3 is 0 Å². The molecule has 30 heavy (non-hydrogen) atoms. The Morgan fingerprint density at radius 2 is 2.03 bits per heavy atom. The first kappa shape index (κ1) is 20.1. The van der Waals surface area contributed by atoms with Crippen LogP contribution in [-0.2, 0) is 16.1 Å². The number of aromatic amines is 1. The van der Waals surface area contributed by atoms with Crippen molar-refractivity contribution in [3.05, 3.63) is 70.3 Å². The van der Waals surface area contributed by atoms with E-state index in [-0.39, 0.29) is 30.7 Å². The van der Waals surface area contributed by atoms with E-state index in [1.165, 1.54) is 0 Å². The van der Waals surface area contributed by atoms with Gasteiger partial charge in [0.2, 0.25) is 0 Å². The monoisotopic (exact) mass is 407 g/mol. The number of nitrogens with zero attached hydrogens (tertiary/aromatic N) is 2. The van der Waals surface area contributed by atoms with Gasteiger partial charge in [0.05, 0.1) is 23.6 Å². The second-order valence-corrected chi connectivity index (χ2v) is 7.49. The molecule has 1 aromatic heterocycles. The van der Waals surface area contributed by atoms with Gasteiger partial charge in [-0.15, -0.1) is 0 Å². The van der Waals surface area contributed by atoms with Crippen LogP contribution in [0.25, 0.3) is 10.9 Å². The number of benzene rings is 2. The van der Waals surface area contributed by atoms with Crippen LogP contribution in [0, 0.1) is 6.92 Å². The van der Waals surface area contributed by atoms with Crippen molar-refractivity contribution in [2.45, 2.75) is 32.4 Å². The van der Waals surface area contributed by atoms with Crippen LogP contribution >= 0.6 is 0 Å². The van der Waals surface area contributed by atoms with E-state index < -0.39 is 0 Å². The molecule has 0 radical (unpaired) electrons. The van der Waals surface area contributed by atoms with Crippen molar-refractivity contribution in [1.82, 2.24) is 14.9 Å². The van der Waals surface area contributed by atoms with Gasteiger partial charge in [0.1, 0.15) is 11.6 Å². The molecule has 3 aromatic rings. The number of aryl methyl sites for hydroxylation is 1. The lowest BCUT2D eigenvalue weighted by molar-refractivity contribution is -0.135. The fourth-order valence-corrected chi connectivity index (χ4v) is 3.63. The Morgan fingerprint density at radius 3 is 2.83 bits per heavy atom. The molecule has 1 aliphatic rings. The zero-order valence-electron chi connectivity index (χ0n) is 17.0. The number of hydrogen-bond donors (Lipinski definition) is 1. The number of carbonyl (C=O) groups excluding carboxylic acids is 1. The van der Waals surface area contributed by atoms with Crippen molar-refractivity contribution in [1.29, 1.82) is 0 Å². The highest BCUT2D eigenvalue weighted by Crippen LogP contribution is 2.18. The lowest BCUT2D eigenvalue weighted by atomic mass is 10.2. The molecule has 1 atom stereocenters. The number of aromatic nitrogens is 2. The second-order valence-electron chi connectivity index (χ2n) is 7.49. The molecule has 7 heteroatoms. The molecule has 1 saturated heterocycles. The molecule has 0 saturated carbocycles. The van der Waals surface area contributed by atoms with E-state index in [0.29, 0.717) is 35.6 Å². The van der Waals surface area contributed by atoms with Crippen molar-refractivity contribution in [2.24, 2.45) is 0 Å². The fourth-order valence-electron chi connectivity index (χ4n) is 3.63. The molecular formula is C23H25N3O4. The third-order valence-corrected chi connectivity index (χ3v) is 5.25. The predicted molar refractivity (Wildman–Crippen MR) is 113 cm³/mol. The quantitative estimate of drug-likeness (QED) is 0.651. The largest absolute Gasteiger partial charge is 0.484 e. The van der Waals surface area contributed by atoms with Gasteiger partial charge in [0, 0.05) is 13.2 Å². The van der Waals surface area contributed by atoms with Crippen LogP contribution in [0.2, 0.25) is 0 Å². The third kappa shape index (κ3) is 4.68. The Kier molecular flexibility index (Phi) is 6.09. The summed E-state index contributed by atoms with van der Waals surface area (Å²) in [6.07, 6.45) is 1.88. The average Bonchev–Trinajstić information content (AvgIpc) is 3.26. The number of carbonyl (C=O) groups is 1. The average molecular weight is 407 g/mol. The van der Waals surface area contributed by atoms with Crippen LogP contribution in [0.1, 0.15) is 24.2 Å². The van der Waals surface area contributed by atoms with Crippen molar-refractivity contribution >= 4 is 16.8 Å². The van der Waals surface area contributed by atoms with Gasteiger partial charge in [-0.2, -0.15) is 0 Å². The van der Waals surface area contributed by atoms with Crippen LogP contribution in [0.5, 0.6) is 5.75 Å². The van der Waals surface area contributed by atoms with E-state index in [1.807, 2.05) is 37.3 Å². The van der Waals surface area contributed by atoms with Crippen molar-refractivity contribution in [3.63, 3.8) is 0 Å². The van der Waals surface area contributed by atoms with Crippen LogP contribution < -0.4 is 10.3 Å². The Bertz CT molecular complexity index is 1090. The molecule has 2 heterocycles. The molecule has 0 spiro atoms. The summed E-state index contributed by atoms with van der Waals surface area (Å²) in [5, 5.41) is 0.529. The van der Waals surface area contributed by atoms with Crippen molar-refractivity contribution in [3.8, 4) is 5.75 Å². The number of rotatable bonds is 7. The number of fused-ring (bicyclic) bond motifs is 1. The maximum absolute atomic E-state index is 13.0. The summed E-state index contributed by atoms with van der Waals surface area (Å²) in [6.45, 7) is 3.18. The van der Waals surface area contributed by atoms with E-state index in [9.17, 15) is 9.59 Å². The normalized spacial score (nSPS) is 16.0. The fraction of sp³-hybridized carbons (Fsp3) is 0.348. The molecule has 0 bridgehead atoms. The zero-order chi connectivity index (χ0) is 20.9. The molecule has 1 N–H and O–H groups in total. The number of hydrogen-bond acceptors (Lipinski definition) is 5. The summed E-state index contributed by atoms with van der Waals surface area (Å²) in [6, 6.07) is 14.7. The summed E-state index contributed by atoms with van der Waals surface area (Å²) in [7, 11) is 0. The summed E-state index contributed by atoms with van der Waals surface area (Å²) in [5.74, 6) is 0.950. The Morgan fingerprint density at radius 1 is 1.23 bits per heavy atom. The maximum atomic E-state index is 13.0. The highest BCUT2D eigenvalue weighted by Gasteiger charge is 2.24. The topological polar surface area (TPSA) is 84.5 Å². The third-order valence-electron chi connectivity index (χ3n) is 5.25. The van der Waals surface area contributed by atoms with E-state index in [4.69, 9.17) is 9.47 Å². The van der Waals surface area contributed by atoms with Crippen LogP contribution in [0.4, 0.5) is 0 Å². The van der Waals surface area contributed by atoms with Crippen LogP contribution in [0.15, 0.2) is 53.3 Å². The van der Waals surface area contributed by atoms with Gasteiger partial charge in [-0.05, 0) is 43.5 Å². The maximum Gasteiger partial charge on any atom is 0.261 e. The predicted octanol–water partition coefficient (Wildman–Crippen LogP) is 2.82. The Balaban J connectivity index is 1.52. The lowest BCUT2D eigenvalue weighted by Gasteiger charge is -2.25. The second kappa shape index (κ2) is 9.09. The van der Waals surface area contributed by atoms with Gasteiger partial charge in [-0.25, -0.2) is 4.98 Å². The summed E-state index contributed by atoms with van der Waals surface area (Å²) < 4.78 is 11.5. The molecule has 1 fully saturated rings. The summed E-state index contributed by atoms with van der Waals surface area (Å²) in [4.78, 5) is 34.4. The molecule has 0 aliphatic carbocycles. The smallest absolute Gasteiger partial charge is 0.261 e. The van der Waals surface area contributed by atoms with E-state index >= 15 is 0 Å². The van der Waals surface area contributed by atoms with Gasteiger partial charge in [-0.1, -0.05) is 30.3 Å². The van der Waals surface area contributed by atoms with E-state index in [2.05, 4.69) is 9.97 Å². The van der Waals surface area contributed by atoms with Gasteiger partial charge in [0.25, 0.3) is 11.5 Å². The first-order chi connectivity index (χ1) is 14.6. The molecule has 2 aromatic carbocycles. The first-order valence-electron chi connectivity index (χ1n) is 10.2. The number of amides is 1. The molecule has 7 nitrogen and oxygen atoms in total. The molecule has 1 amide bonds. The van der Waals surface area contributed by atoms with Crippen molar-refractivity contribution in [2.75, 3.05) is 19.8 Å². The summed E-state index contributed by atoms with van der Waals surface area (Å²) >= 11 is 0.